The van der Waals surface area contributed by atoms with Crippen molar-refractivity contribution in [3.05, 3.63) is 0 Å². The monoisotopic (exact) mass is 241 g/mol. The van der Waals surface area contributed by atoms with Crippen LogP contribution in [0.2, 0.25) is 0 Å². The average Bonchev–Trinajstić information content (AvgIpc) is 2.25. The van der Waals surface area contributed by atoms with E-state index in [2.05, 4.69) is 0 Å². The molecule has 1 N–H and O–H groups in total. The van der Waals surface area contributed by atoms with E-state index in [1.54, 1.807) is 4.90 Å². The van der Waals surface area contributed by atoms with Crippen LogP contribution in [-0.2, 0) is 4.74 Å². The third-order valence-electron chi connectivity index (χ3n) is 3.88. The van der Waals surface area contributed by atoms with Crippen molar-refractivity contribution in [1.29, 1.82) is 0 Å². The van der Waals surface area contributed by atoms with E-state index >= 15 is 0 Å². The maximum absolute atomic E-state index is 12.0. The van der Waals surface area contributed by atoms with E-state index in [1.165, 1.54) is 0 Å². The Morgan fingerprint density at radius 3 is 2.59 bits per heavy atom. The van der Waals surface area contributed by atoms with Gasteiger partial charge in [0.25, 0.3) is 0 Å². The minimum atomic E-state index is -0.445. The minimum absolute atomic E-state index is 0.0326. The van der Waals surface area contributed by atoms with Crippen LogP contribution in [0.3, 0.4) is 0 Å². The van der Waals surface area contributed by atoms with E-state index in [0.29, 0.717) is 6.54 Å². The highest BCUT2D eigenvalue weighted by atomic mass is 16.6. The molecule has 1 spiro atoms. The molecule has 1 amide bonds. The molecule has 4 heteroatoms. The molecule has 0 aromatic heterocycles. The van der Waals surface area contributed by atoms with Crippen LogP contribution >= 0.6 is 0 Å². The molecule has 1 aliphatic heterocycles. The average molecular weight is 241 g/mol. The lowest BCUT2D eigenvalue weighted by atomic mass is 9.62. The number of aliphatic hydroxyl groups excluding tert-OH is 1. The fourth-order valence-electron chi connectivity index (χ4n) is 2.80. The number of likely N-dealkylation sites (tertiary alicyclic amines) is 1. The van der Waals surface area contributed by atoms with Gasteiger partial charge >= 0.3 is 6.09 Å². The molecule has 0 unspecified atom stereocenters. The number of hydrogen-bond acceptors (Lipinski definition) is 3. The zero-order valence-corrected chi connectivity index (χ0v) is 11.0. The first kappa shape index (κ1) is 12.7. The van der Waals surface area contributed by atoms with Crippen molar-refractivity contribution >= 4 is 6.09 Å². The Morgan fingerprint density at radius 2 is 2.12 bits per heavy atom. The number of carbonyl (C=O) groups excluding carboxylic acids is 1. The Morgan fingerprint density at radius 1 is 1.41 bits per heavy atom. The molecule has 0 aromatic rings. The number of ether oxygens (including phenoxy) is 1. The van der Waals surface area contributed by atoms with Crippen molar-refractivity contribution in [2.45, 2.75) is 58.2 Å². The predicted molar refractivity (Wildman–Crippen MR) is 64.7 cm³/mol. The molecule has 2 aliphatic rings. The van der Waals surface area contributed by atoms with Gasteiger partial charge in [-0.1, -0.05) is 0 Å². The summed E-state index contributed by atoms with van der Waals surface area (Å²) < 4.78 is 5.38. The standard InChI is InChI=1S/C13H23NO3/c1-12(2,3)17-11(16)14-8-4-6-13(9-14)7-5-10(13)15/h10,15H,4-9H2,1-3H3/t10-,13+/m1/s1. The molecule has 0 aromatic carbocycles. The quantitative estimate of drug-likeness (QED) is 0.707. The molecule has 1 saturated heterocycles. The zero-order valence-electron chi connectivity index (χ0n) is 11.0. The number of amides is 1. The normalized spacial score (nSPS) is 33.4. The third kappa shape index (κ3) is 2.57. The summed E-state index contributed by atoms with van der Waals surface area (Å²) in [6, 6.07) is 0. The second-order valence-electron chi connectivity index (χ2n) is 6.42. The van der Waals surface area contributed by atoms with Crippen LogP contribution in [0.5, 0.6) is 0 Å². The fraction of sp³-hybridized carbons (Fsp3) is 0.923. The molecule has 4 nitrogen and oxygen atoms in total. The molecule has 17 heavy (non-hydrogen) atoms. The second-order valence-corrected chi connectivity index (χ2v) is 6.42. The van der Waals surface area contributed by atoms with E-state index in [-0.39, 0.29) is 17.6 Å². The highest BCUT2D eigenvalue weighted by Crippen LogP contribution is 2.47. The van der Waals surface area contributed by atoms with Gasteiger partial charge in [0.2, 0.25) is 0 Å². The molecule has 1 aliphatic carbocycles. The molecule has 0 bridgehead atoms. The molecular weight excluding hydrogens is 218 g/mol. The zero-order chi connectivity index (χ0) is 12.7. The summed E-state index contributed by atoms with van der Waals surface area (Å²) >= 11 is 0. The topological polar surface area (TPSA) is 49.8 Å². The van der Waals surface area contributed by atoms with Gasteiger partial charge in [-0.15, -0.1) is 0 Å². The molecule has 2 fully saturated rings. The van der Waals surface area contributed by atoms with Gasteiger partial charge in [0.15, 0.2) is 0 Å². The third-order valence-corrected chi connectivity index (χ3v) is 3.88. The van der Waals surface area contributed by atoms with Crippen molar-refractivity contribution in [1.82, 2.24) is 4.90 Å². The minimum Gasteiger partial charge on any atom is -0.444 e. The predicted octanol–water partition coefficient (Wildman–Crippen LogP) is 2.16. The molecule has 1 saturated carbocycles. The first-order chi connectivity index (χ1) is 7.82. The Balaban J connectivity index is 1.96. The van der Waals surface area contributed by atoms with E-state index < -0.39 is 5.60 Å². The summed E-state index contributed by atoms with van der Waals surface area (Å²) in [7, 11) is 0. The summed E-state index contributed by atoms with van der Waals surface area (Å²) in [5, 5.41) is 9.88. The number of piperidine rings is 1. The van der Waals surface area contributed by atoms with Gasteiger partial charge in [0, 0.05) is 18.5 Å². The first-order valence-electron chi connectivity index (χ1n) is 6.48. The number of hydrogen-bond donors (Lipinski definition) is 1. The second kappa shape index (κ2) is 4.16. The van der Waals surface area contributed by atoms with Gasteiger partial charge in [0.05, 0.1) is 6.10 Å². The van der Waals surface area contributed by atoms with Gasteiger partial charge < -0.3 is 14.7 Å². The highest BCUT2D eigenvalue weighted by Gasteiger charge is 2.49. The molecule has 2 rings (SSSR count). The van der Waals surface area contributed by atoms with E-state index in [0.717, 1.165) is 32.2 Å². The maximum atomic E-state index is 12.0. The molecular formula is C13H23NO3. The maximum Gasteiger partial charge on any atom is 0.410 e. The Bertz CT molecular complexity index is 310. The number of aliphatic hydroxyl groups is 1. The highest BCUT2D eigenvalue weighted by molar-refractivity contribution is 5.68. The Kier molecular flexibility index (Phi) is 3.10. The SMILES string of the molecule is CC(C)(C)OC(=O)N1CCC[C@]2(CC[C@H]2O)C1. The van der Waals surface area contributed by atoms with Crippen molar-refractivity contribution in [2.24, 2.45) is 5.41 Å². The number of carbonyl (C=O) groups is 1. The molecule has 2 atom stereocenters. The fourth-order valence-corrected chi connectivity index (χ4v) is 2.80. The van der Waals surface area contributed by atoms with Crippen molar-refractivity contribution in [3.8, 4) is 0 Å². The van der Waals surface area contributed by atoms with Crippen LogP contribution < -0.4 is 0 Å². The lowest BCUT2D eigenvalue weighted by Crippen LogP contribution is -2.57. The first-order valence-corrected chi connectivity index (χ1v) is 6.48. The summed E-state index contributed by atoms with van der Waals surface area (Å²) in [5.74, 6) is 0. The molecule has 98 valence electrons. The Hall–Kier alpha value is -0.770. The van der Waals surface area contributed by atoms with Gasteiger partial charge in [0.1, 0.15) is 5.60 Å². The number of rotatable bonds is 0. The van der Waals surface area contributed by atoms with Gasteiger partial charge in [-0.3, -0.25) is 0 Å². The Labute approximate surface area is 103 Å². The lowest BCUT2D eigenvalue weighted by Gasteiger charge is -2.52. The van der Waals surface area contributed by atoms with Gasteiger partial charge in [-0.2, -0.15) is 0 Å². The largest absolute Gasteiger partial charge is 0.444 e. The van der Waals surface area contributed by atoms with Crippen LogP contribution in [0.25, 0.3) is 0 Å². The van der Waals surface area contributed by atoms with Crippen molar-refractivity contribution in [2.75, 3.05) is 13.1 Å². The lowest BCUT2D eigenvalue weighted by molar-refractivity contribution is -0.104. The molecule has 0 radical (unpaired) electrons. The smallest absolute Gasteiger partial charge is 0.410 e. The van der Waals surface area contributed by atoms with E-state index in [4.69, 9.17) is 4.74 Å². The summed E-state index contributed by atoms with van der Waals surface area (Å²) in [5.41, 5.74) is -0.477. The summed E-state index contributed by atoms with van der Waals surface area (Å²) in [6.45, 7) is 7.04. The van der Waals surface area contributed by atoms with Crippen molar-refractivity contribution in [3.63, 3.8) is 0 Å². The summed E-state index contributed by atoms with van der Waals surface area (Å²) in [4.78, 5) is 13.7. The van der Waals surface area contributed by atoms with E-state index in [1.807, 2.05) is 20.8 Å². The van der Waals surface area contributed by atoms with Crippen LogP contribution in [0, 0.1) is 5.41 Å². The van der Waals surface area contributed by atoms with Crippen LogP contribution in [0.4, 0.5) is 4.79 Å². The van der Waals surface area contributed by atoms with Crippen molar-refractivity contribution < 1.29 is 14.6 Å². The van der Waals surface area contributed by atoms with Gasteiger partial charge in [-0.25, -0.2) is 4.79 Å². The summed E-state index contributed by atoms with van der Waals surface area (Å²) in [6.07, 6.45) is 3.45. The number of nitrogens with zero attached hydrogens (tertiary/aromatic N) is 1. The molecule has 1 heterocycles. The van der Waals surface area contributed by atoms with Crippen LogP contribution in [-0.4, -0.2) is 40.9 Å². The van der Waals surface area contributed by atoms with Crippen LogP contribution in [0.15, 0.2) is 0 Å². The van der Waals surface area contributed by atoms with E-state index in [9.17, 15) is 9.90 Å². The van der Waals surface area contributed by atoms with Crippen LogP contribution in [0.1, 0.15) is 46.5 Å². The van der Waals surface area contributed by atoms with Gasteiger partial charge in [-0.05, 0) is 46.5 Å².